The number of urea groups is 2. The number of imide groups is 1. The molecule has 3 saturated heterocycles. The number of aromatic hydroxyl groups is 1. The maximum atomic E-state index is 16.6. The molecule has 4 aliphatic rings. The number of rotatable bonds is 9. The number of primary amides is 1. The Morgan fingerprint density at radius 2 is 1.51 bits per heavy atom. The zero-order valence-corrected chi connectivity index (χ0v) is 38.6. The first-order valence-electron chi connectivity index (χ1n) is 22.9. The van der Waals surface area contributed by atoms with Crippen LogP contribution >= 0.6 is 0 Å². The van der Waals surface area contributed by atoms with Crippen molar-refractivity contribution in [1.29, 1.82) is 0 Å². The fourth-order valence-corrected chi connectivity index (χ4v) is 10.5. The van der Waals surface area contributed by atoms with Gasteiger partial charge in [-0.1, -0.05) is 98.5 Å². The molecule has 0 saturated carbocycles. The number of nitrogens with two attached hydrogens (primary N) is 1. The summed E-state index contributed by atoms with van der Waals surface area (Å²) in [6.07, 6.45) is 2.30. The van der Waals surface area contributed by atoms with Crippen LogP contribution in [0.2, 0.25) is 0 Å². The number of nitrogens with one attached hydrogen (secondary N) is 2. The zero-order chi connectivity index (χ0) is 49.3. The molecule has 6 amide bonds. The van der Waals surface area contributed by atoms with Crippen LogP contribution in [0.5, 0.6) is 5.75 Å². The van der Waals surface area contributed by atoms with Gasteiger partial charge in [-0.2, -0.15) is 0 Å². The molecule has 7 atom stereocenters. The summed E-state index contributed by atoms with van der Waals surface area (Å²) >= 11 is 0. The molecule has 1 aromatic heterocycles. The zero-order valence-electron chi connectivity index (χ0n) is 38.6. The van der Waals surface area contributed by atoms with Crippen LogP contribution in [0, 0.1) is 23.7 Å². The fourth-order valence-electron chi connectivity index (χ4n) is 10.5. The molecular weight excluding hydrogens is 895 g/mol. The van der Waals surface area contributed by atoms with Crippen molar-refractivity contribution in [2.75, 3.05) is 49.6 Å². The number of piperazine rings is 1. The fraction of sp³-hybridized carbons (Fsp3) is 0.308. The SMILES string of the molecule is COC(=O)[C@@H](NC(=O)N1C(=O)[C@@]2(c3cc(C#CCNC(N)=O)ccc31)[C@H](C(=O)N1CCN(c3ncccn3)CC1)[C@H]1C(=O)O[C@H](c3ccccc3)[C@H](c3ccccc3)N1[C@@H]2c1ccc(O)cc1)C(C)C. The van der Waals surface area contributed by atoms with E-state index in [1.54, 1.807) is 67.5 Å². The number of benzene rings is 4. The number of hydrogen-bond acceptors (Lipinski definition) is 13. The number of fused-ring (bicyclic) bond motifs is 3. The van der Waals surface area contributed by atoms with Gasteiger partial charge in [0, 0.05) is 44.1 Å². The summed E-state index contributed by atoms with van der Waals surface area (Å²) in [5.74, 6) is 1.32. The molecule has 0 aliphatic carbocycles. The number of carbonyl (C=O) groups is 6. The van der Waals surface area contributed by atoms with E-state index in [0.717, 1.165) is 4.90 Å². The van der Waals surface area contributed by atoms with Gasteiger partial charge in [0.2, 0.25) is 17.8 Å². The van der Waals surface area contributed by atoms with Crippen LogP contribution in [0.3, 0.4) is 0 Å². The molecule has 18 nitrogen and oxygen atoms in total. The predicted octanol–water partition coefficient (Wildman–Crippen LogP) is 4.12. The maximum absolute atomic E-state index is 16.6. The quantitative estimate of drug-likeness (QED) is 0.121. The topological polar surface area (TPSA) is 230 Å². The van der Waals surface area contributed by atoms with Gasteiger partial charge in [0.15, 0.2) is 0 Å². The Balaban J connectivity index is 1.32. The van der Waals surface area contributed by atoms with E-state index in [1.807, 2.05) is 70.5 Å². The van der Waals surface area contributed by atoms with Crippen LogP contribution in [0.15, 0.2) is 122 Å². The Hall–Kier alpha value is -8.30. The molecule has 0 bridgehead atoms. The number of hydrogen-bond donors (Lipinski definition) is 4. The van der Waals surface area contributed by atoms with Gasteiger partial charge in [-0.3, -0.25) is 19.3 Å². The molecule has 18 heteroatoms. The number of phenolic OH excluding ortho intramolecular Hbond substituents is 1. The molecule has 0 radical (unpaired) electrons. The number of nitrogens with zero attached hydrogens (tertiary/aromatic N) is 6. The number of amides is 6. The molecule has 4 aromatic carbocycles. The summed E-state index contributed by atoms with van der Waals surface area (Å²) in [5, 5.41) is 16.0. The number of ether oxygens (including phenoxy) is 2. The van der Waals surface area contributed by atoms with Gasteiger partial charge in [0.1, 0.15) is 29.4 Å². The largest absolute Gasteiger partial charge is 0.508 e. The standard InChI is InChI=1S/C52H51N9O9/c1-31(2)40(46(64)69-3)57-51(68)60-38-22-17-32(12-10-23-54-49(53)67)30-37(38)52(48(60)66)39(45(63)58-26-28-59(29-27-58)50-55-24-11-25-56-50)42-47(65)70-43(34-15-8-5-9-16-34)41(33-13-6-4-7-14-33)61(42)44(52)35-18-20-36(62)21-19-35/h4-9,11,13-22,24-25,30-31,39-44,62H,23,26-29H2,1-3H3,(H,57,68)(H3,53,54,67)/t39-,40-,41-,42-,43+,44+,52-/m0/s1. The lowest BCUT2D eigenvalue weighted by molar-refractivity contribution is -0.179. The molecule has 9 rings (SSSR count). The summed E-state index contributed by atoms with van der Waals surface area (Å²) < 4.78 is 11.7. The van der Waals surface area contributed by atoms with E-state index >= 15 is 19.2 Å². The van der Waals surface area contributed by atoms with Crippen molar-refractivity contribution in [3.05, 3.63) is 149 Å². The highest BCUT2D eigenvalue weighted by Gasteiger charge is 2.76. The minimum Gasteiger partial charge on any atom is -0.508 e. The third-order valence-electron chi connectivity index (χ3n) is 13.5. The first kappa shape index (κ1) is 46.8. The Morgan fingerprint density at radius 1 is 0.857 bits per heavy atom. The number of aromatic nitrogens is 2. The average molecular weight is 946 g/mol. The van der Waals surface area contributed by atoms with E-state index in [9.17, 15) is 14.7 Å². The lowest BCUT2D eigenvalue weighted by Gasteiger charge is -2.46. The van der Waals surface area contributed by atoms with Crippen LogP contribution in [0.4, 0.5) is 21.2 Å². The number of anilines is 2. The second-order valence-electron chi connectivity index (χ2n) is 17.8. The highest BCUT2D eigenvalue weighted by Crippen LogP contribution is 2.66. The van der Waals surface area contributed by atoms with Crippen LogP contribution in [0.25, 0.3) is 0 Å². The van der Waals surface area contributed by atoms with Crippen molar-refractivity contribution < 1.29 is 43.3 Å². The van der Waals surface area contributed by atoms with E-state index < -0.39 is 83.3 Å². The molecule has 358 valence electrons. The van der Waals surface area contributed by atoms with Gasteiger partial charge in [-0.15, -0.1) is 0 Å². The molecule has 5 N–H and O–H groups in total. The van der Waals surface area contributed by atoms with Crippen LogP contribution < -0.4 is 26.2 Å². The number of morpholine rings is 1. The van der Waals surface area contributed by atoms with E-state index in [2.05, 4.69) is 32.4 Å². The number of phenols is 1. The third kappa shape index (κ3) is 8.27. The Morgan fingerprint density at radius 3 is 2.14 bits per heavy atom. The summed E-state index contributed by atoms with van der Waals surface area (Å²) in [6.45, 7) is 4.27. The van der Waals surface area contributed by atoms with Crippen molar-refractivity contribution in [3.8, 4) is 17.6 Å². The number of carbonyl (C=O) groups excluding carboxylic acids is 6. The van der Waals surface area contributed by atoms with Crippen molar-refractivity contribution in [1.82, 2.24) is 30.4 Å². The molecule has 4 aliphatic heterocycles. The van der Waals surface area contributed by atoms with Crippen LogP contribution in [-0.2, 0) is 34.1 Å². The first-order valence-corrected chi connectivity index (χ1v) is 22.9. The highest BCUT2D eigenvalue weighted by molar-refractivity contribution is 6.25. The number of esters is 2. The number of cyclic esters (lactones) is 1. The molecule has 5 heterocycles. The minimum absolute atomic E-state index is 0.0763. The summed E-state index contributed by atoms with van der Waals surface area (Å²) in [7, 11) is 1.20. The van der Waals surface area contributed by atoms with Gasteiger partial charge in [-0.05, 0) is 64.6 Å². The monoisotopic (exact) mass is 945 g/mol. The minimum atomic E-state index is -2.13. The predicted molar refractivity (Wildman–Crippen MR) is 254 cm³/mol. The third-order valence-corrected chi connectivity index (χ3v) is 13.5. The Kier molecular flexibility index (Phi) is 12.9. The number of methoxy groups -OCH3 is 1. The maximum Gasteiger partial charge on any atom is 0.329 e. The van der Waals surface area contributed by atoms with Gasteiger partial charge in [0.05, 0.1) is 37.3 Å². The molecule has 0 unspecified atom stereocenters. The normalized spacial score (nSPS) is 23.1. The van der Waals surface area contributed by atoms with Gasteiger partial charge >= 0.3 is 24.0 Å². The summed E-state index contributed by atoms with van der Waals surface area (Å²) in [4.78, 5) is 103. The molecule has 5 aromatic rings. The molecular formula is C52H51N9O9. The van der Waals surface area contributed by atoms with E-state index in [4.69, 9.17) is 15.2 Å². The van der Waals surface area contributed by atoms with E-state index in [0.29, 0.717) is 41.3 Å². The van der Waals surface area contributed by atoms with Crippen molar-refractivity contribution in [3.63, 3.8) is 0 Å². The van der Waals surface area contributed by atoms with E-state index in [1.165, 1.54) is 19.2 Å². The van der Waals surface area contributed by atoms with Crippen LogP contribution in [-0.4, -0.2) is 113 Å². The van der Waals surface area contributed by atoms with Gasteiger partial charge < -0.3 is 40.7 Å². The Labute approximate surface area is 403 Å². The smallest absolute Gasteiger partial charge is 0.329 e. The molecule has 1 spiro atoms. The highest BCUT2D eigenvalue weighted by atomic mass is 16.6. The first-order chi connectivity index (χ1) is 33.8. The lowest BCUT2D eigenvalue weighted by Crippen LogP contribution is -2.60. The molecule has 3 fully saturated rings. The van der Waals surface area contributed by atoms with Gasteiger partial charge in [0.25, 0.3) is 0 Å². The Bertz CT molecular complexity index is 2870. The van der Waals surface area contributed by atoms with Crippen molar-refractivity contribution in [2.24, 2.45) is 17.6 Å². The van der Waals surface area contributed by atoms with Crippen LogP contribution in [0.1, 0.15) is 59.9 Å². The average Bonchev–Trinajstić information content (AvgIpc) is 3.83. The second-order valence-corrected chi connectivity index (χ2v) is 17.8. The van der Waals surface area contributed by atoms with Gasteiger partial charge in [-0.25, -0.2) is 29.3 Å². The van der Waals surface area contributed by atoms with E-state index in [-0.39, 0.29) is 36.6 Å². The second kappa shape index (κ2) is 19.4. The summed E-state index contributed by atoms with van der Waals surface area (Å²) in [5.41, 5.74) is 5.60. The molecule has 70 heavy (non-hydrogen) atoms. The van der Waals surface area contributed by atoms with Crippen molar-refractivity contribution >= 4 is 47.5 Å². The summed E-state index contributed by atoms with van der Waals surface area (Å²) in [6, 6.07) is 24.8. The van der Waals surface area contributed by atoms with Crippen molar-refractivity contribution in [2.45, 2.75) is 49.5 Å². The lowest BCUT2D eigenvalue weighted by atomic mass is 9.64.